The van der Waals surface area contributed by atoms with Gasteiger partial charge in [0.2, 0.25) is 0 Å². The molecule has 2 aromatic heterocycles. The first kappa shape index (κ1) is 17.5. The minimum absolute atomic E-state index is 0.0721. The highest BCUT2D eigenvalue weighted by atomic mass is 35.5. The Balaban J connectivity index is 1.86. The van der Waals surface area contributed by atoms with E-state index in [1.54, 1.807) is 6.20 Å². The predicted molar refractivity (Wildman–Crippen MR) is 99.6 cm³/mol. The number of hydrogen-bond acceptors (Lipinski definition) is 5. The standard InChI is InChI=1S/C16H15ClFN5OS/c1-2-5-25-23-11-4-3-10(18)15(13(11)17)22-16(24)9-6-20-12-7-19-8-21-14(9)12/h3-4,6-8,20,23H,2,5H2,1H3,(H,22,24). The number of rotatable bonds is 6. The van der Waals surface area contributed by atoms with Crippen LogP contribution >= 0.6 is 23.5 Å². The third-order valence-electron chi connectivity index (χ3n) is 3.40. The number of H-pyrrole nitrogens is 1. The van der Waals surface area contributed by atoms with Crippen molar-refractivity contribution in [2.24, 2.45) is 0 Å². The predicted octanol–water partition coefficient (Wildman–Crippen LogP) is 4.47. The maximum absolute atomic E-state index is 14.2. The molecule has 0 bridgehead atoms. The first-order chi connectivity index (χ1) is 12.1. The van der Waals surface area contributed by atoms with Crippen molar-refractivity contribution in [3.05, 3.63) is 47.3 Å². The van der Waals surface area contributed by atoms with Gasteiger partial charge in [0.25, 0.3) is 5.91 Å². The Kier molecular flexibility index (Phi) is 5.40. The van der Waals surface area contributed by atoms with Gasteiger partial charge in [-0.05, 0) is 18.6 Å². The molecule has 1 aromatic carbocycles. The van der Waals surface area contributed by atoms with E-state index in [4.69, 9.17) is 11.6 Å². The highest BCUT2D eigenvalue weighted by Crippen LogP contribution is 2.34. The van der Waals surface area contributed by atoms with Crippen LogP contribution in [0.25, 0.3) is 11.0 Å². The van der Waals surface area contributed by atoms with Gasteiger partial charge >= 0.3 is 0 Å². The Morgan fingerprint density at radius 1 is 1.44 bits per heavy atom. The van der Waals surface area contributed by atoms with Crippen LogP contribution in [0.4, 0.5) is 15.8 Å². The molecule has 3 rings (SSSR count). The minimum Gasteiger partial charge on any atom is -0.358 e. The number of anilines is 2. The van der Waals surface area contributed by atoms with E-state index >= 15 is 0 Å². The van der Waals surface area contributed by atoms with Crippen LogP contribution in [0, 0.1) is 5.82 Å². The van der Waals surface area contributed by atoms with Crippen LogP contribution in [0.1, 0.15) is 23.7 Å². The average Bonchev–Trinajstić information content (AvgIpc) is 3.05. The van der Waals surface area contributed by atoms with E-state index in [0.29, 0.717) is 16.7 Å². The Bertz CT molecular complexity index is 917. The number of hydrogen-bond donors (Lipinski definition) is 3. The van der Waals surface area contributed by atoms with Gasteiger partial charge in [0.15, 0.2) is 0 Å². The van der Waals surface area contributed by atoms with Gasteiger partial charge in [-0.15, -0.1) is 0 Å². The van der Waals surface area contributed by atoms with Gasteiger partial charge in [0.1, 0.15) is 17.7 Å². The smallest absolute Gasteiger partial charge is 0.259 e. The second kappa shape index (κ2) is 7.71. The van der Waals surface area contributed by atoms with E-state index in [9.17, 15) is 9.18 Å². The number of carbonyl (C=O) groups excluding carboxylic acids is 1. The van der Waals surface area contributed by atoms with Crippen LogP contribution < -0.4 is 10.0 Å². The van der Waals surface area contributed by atoms with Gasteiger partial charge in [-0.2, -0.15) is 0 Å². The van der Waals surface area contributed by atoms with Gasteiger partial charge in [-0.25, -0.2) is 14.4 Å². The fourth-order valence-corrected chi connectivity index (χ4v) is 3.13. The van der Waals surface area contributed by atoms with Gasteiger partial charge in [0, 0.05) is 11.9 Å². The van der Waals surface area contributed by atoms with Crippen molar-refractivity contribution in [1.29, 1.82) is 0 Å². The molecule has 0 fully saturated rings. The molecule has 3 aromatic rings. The molecule has 25 heavy (non-hydrogen) atoms. The normalized spacial score (nSPS) is 10.8. The molecule has 0 radical (unpaired) electrons. The molecule has 1 amide bonds. The lowest BCUT2D eigenvalue weighted by molar-refractivity contribution is 0.102. The zero-order valence-corrected chi connectivity index (χ0v) is 14.8. The Morgan fingerprint density at radius 3 is 3.08 bits per heavy atom. The van der Waals surface area contributed by atoms with Crippen LogP contribution in [0.15, 0.2) is 30.9 Å². The monoisotopic (exact) mass is 379 g/mol. The summed E-state index contributed by atoms with van der Waals surface area (Å²) in [7, 11) is 0. The van der Waals surface area contributed by atoms with Crippen LogP contribution in [0.2, 0.25) is 5.02 Å². The van der Waals surface area contributed by atoms with E-state index in [0.717, 1.165) is 12.2 Å². The van der Waals surface area contributed by atoms with Crippen LogP contribution in [-0.2, 0) is 0 Å². The first-order valence-corrected chi connectivity index (χ1v) is 8.92. The zero-order chi connectivity index (χ0) is 17.8. The molecule has 0 unspecified atom stereocenters. The molecule has 0 spiro atoms. The summed E-state index contributed by atoms with van der Waals surface area (Å²) in [6.45, 7) is 2.05. The van der Waals surface area contributed by atoms with E-state index in [-0.39, 0.29) is 16.3 Å². The number of benzene rings is 1. The molecular weight excluding hydrogens is 365 g/mol. The largest absolute Gasteiger partial charge is 0.358 e. The van der Waals surface area contributed by atoms with Crippen molar-refractivity contribution in [3.8, 4) is 0 Å². The number of amides is 1. The fraction of sp³-hybridized carbons (Fsp3) is 0.188. The second-order valence-corrected chi connectivity index (χ2v) is 6.45. The number of aromatic amines is 1. The lowest BCUT2D eigenvalue weighted by atomic mass is 10.2. The van der Waals surface area contributed by atoms with Crippen molar-refractivity contribution >= 4 is 51.9 Å². The van der Waals surface area contributed by atoms with E-state index in [2.05, 4.69) is 31.9 Å². The molecule has 0 aliphatic carbocycles. The minimum atomic E-state index is -0.612. The lowest BCUT2D eigenvalue weighted by Crippen LogP contribution is -2.13. The third-order valence-corrected chi connectivity index (χ3v) is 4.77. The first-order valence-electron chi connectivity index (χ1n) is 7.56. The molecule has 2 heterocycles. The molecule has 0 saturated heterocycles. The lowest BCUT2D eigenvalue weighted by Gasteiger charge is -2.13. The SMILES string of the molecule is CCCSNc1ccc(F)c(NC(=O)c2c[nH]c3cncnc23)c1Cl. The van der Waals surface area contributed by atoms with E-state index < -0.39 is 11.7 Å². The number of nitrogens with one attached hydrogen (secondary N) is 3. The highest BCUT2D eigenvalue weighted by molar-refractivity contribution is 8.00. The summed E-state index contributed by atoms with van der Waals surface area (Å²) < 4.78 is 17.2. The summed E-state index contributed by atoms with van der Waals surface area (Å²) in [6, 6.07) is 2.79. The van der Waals surface area contributed by atoms with Gasteiger partial charge in [-0.1, -0.05) is 30.5 Å². The van der Waals surface area contributed by atoms with Crippen LogP contribution in [0.3, 0.4) is 0 Å². The quantitative estimate of drug-likeness (QED) is 0.434. The summed E-state index contributed by atoms with van der Waals surface area (Å²) in [5, 5.41) is 2.65. The van der Waals surface area contributed by atoms with Gasteiger partial charge < -0.3 is 15.0 Å². The van der Waals surface area contributed by atoms with Crippen molar-refractivity contribution in [2.45, 2.75) is 13.3 Å². The van der Waals surface area contributed by atoms with Crippen molar-refractivity contribution in [2.75, 3.05) is 15.8 Å². The van der Waals surface area contributed by atoms with Crippen LogP contribution in [0.5, 0.6) is 0 Å². The molecule has 3 N–H and O–H groups in total. The summed E-state index contributed by atoms with van der Waals surface area (Å²) in [6.07, 6.45) is 5.39. The van der Waals surface area contributed by atoms with E-state index in [1.165, 1.54) is 36.6 Å². The average molecular weight is 380 g/mol. The maximum atomic E-state index is 14.2. The second-order valence-electron chi connectivity index (χ2n) is 5.18. The van der Waals surface area contributed by atoms with Gasteiger partial charge in [-0.3, -0.25) is 4.79 Å². The summed E-state index contributed by atoms with van der Waals surface area (Å²) >= 11 is 7.71. The molecule has 0 aliphatic rings. The molecule has 9 heteroatoms. The van der Waals surface area contributed by atoms with Crippen molar-refractivity contribution in [1.82, 2.24) is 15.0 Å². The molecule has 6 nitrogen and oxygen atoms in total. The zero-order valence-electron chi connectivity index (χ0n) is 13.3. The molecule has 130 valence electrons. The number of fused-ring (bicyclic) bond motifs is 1. The number of aromatic nitrogens is 3. The van der Waals surface area contributed by atoms with Gasteiger partial charge in [0.05, 0.1) is 33.7 Å². The molecule has 0 saturated carbocycles. The number of nitrogens with zero attached hydrogens (tertiary/aromatic N) is 2. The maximum Gasteiger partial charge on any atom is 0.259 e. The highest BCUT2D eigenvalue weighted by Gasteiger charge is 2.18. The molecular formula is C16H15ClFN5OS. The van der Waals surface area contributed by atoms with Crippen LogP contribution in [-0.4, -0.2) is 26.6 Å². The summed E-state index contributed by atoms with van der Waals surface area (Å²) in [5.74, 6) is -0.243. The Labute approximate surface area is 152 Å². The topological polar surface area (TPSA) is 82.7 Å². The fourth-order valence-electron chi connectivity index (χ4n) is 2.20. The molecule has 0 aliphatic heterocycles. The third kappa shape index (κ3) is 3.69. The van der Waals surface area contributed by atoms with Crippen molar-refractivity contribution < 1.29 is 9.18 Å². The van der Waals surface area contributed by atoms with Crippen molar-refractivity contribution in [3.63, 3.8) is 0 Å². The Hall–Kier alpha value is -2.32. The molecule has 0 atom stereocenters. The Morgan fingerprint density at radius 2 is 2.28 bits per heavy atom. The number of halogens is 2. The van der Waals surface area contributed by atoms with E-state index in [1.807, 2.05) is 0 Å². The summed E-state index contributed by atoms with van der Waals surface area (Å²) in [5.41, 5.74) is 1.82. The summed E-state index contributed by atoms with van der Waals surface area (Å²) in [4.78, 5) is 23.4. The number of carbonyl (C=O) groups is 1.